The van der Waals surface area contributed by atoms with Gasteiger partial charge in [0.2, 0.25) is 0 Å². The number of rotatable bonds is 4. The molecule has 2 rings (SSSR count). The zero-order valence-electron chi connectivity index (χ0n) is 11.9. The molecule has 0 atom stereocenters. The lowest BCUT2D eigenvalue weighted by Gasteiger charge is -2.05. The van der Waals surface area contributed by atoms with E-state index in [9.17, 15) is 4.79 Å². The smallest absolute Gasteiger partial charge is 0.274 e. The Balaban J connectivity index is 2.16. The number of hydrogen-bond acceptors (Lipinski definition) is 5. The lowest BCUT2D eigenvalue weighted by atomic mass is 10.3. The molecule has 106 valence electrons. The number of anilines is 1. The molecule has 2 aromatic heterocycles. The van der Waals surface area contributed by atoms with Crippen LogP contribution in [0.25, 0.3) is 0 Å². The maximum atomic E-state index is 12.2. The second kappa shape index (κ2) is 6.04. The Labute approximate surface area is 122 Å². The van der Waals surface area contributed by atoms with E-state index in [1.165, 1.54) is 11.8 Å². The molecule has 0 aliphatic carbocycles. The summed E-state index contributed by atoms with van der Waals surface area (Å²) in [5.41, 5.74) is 1.79. The first-order valence-corrected chi connectivity index (χ1v) is 7.47. The van der Waals surface area contributed by atoms with Gasteiger partial charge in [-0.15, -0.1) is 0 Å². The van der Waals surface area contributed by atoms with Gasteiger partial charge in [-0.05, 0) is 33.1 Å². The molecule has 7 heteroatoms. The Morgan fingerprint density at radius 1 is 1.40 bits per heavy atom. The van der Waals surface area contributed by atoms with E-state index in [0.717, 1.165) is 5.69 Å². The minimum Gasteiger partial charge on any atom is -0.318 e. The van der Waals surface area contributed by atoms with E-state index in [2.05, 4.69) is 20.4 Å². The lowest BCUT2D eigenvalue weighted by molar-refractivity contribution is 0.102. The highest BCUT2D eigenvalue weighted by molar-refractivity contribution is 7.98. The van der Waals surface area contributed by atoms with Gasteiger partial charge in [-0.2, -0.15) is 5.10 Å². The molecule has 0 radical (unpaired) electrons. The van der Waals surface area contributed by atoms with Crippen LogP contribution in [0.2, 0.25) is 0 Å². The Morgan fingerprint density at radius 3 is 2.75 bits per heavy atom. The molecule has 0 aliphatic heterocycles. The summed E-state index contributed by atoms with van der Waals surface area (Å²) in [5.74, 6) is -0.255. The zero-order valence-corrected chi connectivity index (χ0v) is 12.7. The fourth-order valence-corrected chi connectivity index (χ4v) is 2.05. The second-order valence-electron chi connectivity index (χ2n) is 4.64. The van der Waals surface area contributed by atoms with Gasteiger partial charge in [0.05, 0.1) is 11.9 Å². The van der Waals surface area contributed by atoms with Crippen molar-refractivity contribution >= 4 is 23.4 Å². The van der Waals surface area contributed by atoms with Crippen molar-refractivity contribution in [2.24, 2.45) is 0 Å². The Morgan fingerprint density at radius 2 is 2.15 bits per heavy atom. The summed E-state index contributed by atoms with van der Waals surface area (Å²) in [6, 6.07) is 1.92. The minimum absolute atomic E-state index is 0.255. The molecule has 0 fully saturated rings. The second-order valence-corrected chi connectivity index (χ2v) is 5.41. The van der Waals surface area contributed by atoms with Gasteiger partial charge in [0.1, 0.15) is 5.69 Å². The SMILES string of the molecule is CSc1nc(C)cc(C(=O)Nc2cnn(C(C)C)c2)n1. The van der Waals surface area contributed by atoms with Crippen LogP contribution < -0.4 is 5.32 Å². The number of hydrogen-bond donors (Lipinski definition) is 1. The van der Waals surface area contributed by atoms with Crippen molar-refractivity contribution in [1.82, 2.24) is 19.7 Å². The van der Waals surface area contributed by atoms with Crippen LogP contribution in [0, 0.1) is 6.92 Å². The number of thioether (sulfide) groups is 1. The van der Waals surface area contributed by atoms with Crippen LogP contribution in [0.5, 0.6) is 0 Å². The maximum absolute atomic E-state index is 12.2. The first kappa shape index (κ1) is 14.5. The van der Waals surface area contributed by atoms with Crippen LogP contribution in [-0.4, -0.2) is 31.9 Å². The number of carbonyl (C=O) groups is 1. The van der Waals surface area contributed by atoms with E-state index in [1.807, 2.05) is 27.0 Å². The van der Waals surface area contributed by atoms with Gasteiger partial charge in [0, 0.05) is 17.9 Å². The molecule has 6 nitrogen and oxygen atoms in total. The number of aryl methyl sites for hydroxylation is 1. The number of amides is 1. The van der Waals surface area contributed by atoms with Gasteiger partial charge in [-0.1, -0.05) is 11.8 Å². The third-order valence-electron chi connectivity index (χ3n) is 2.64. The number of carbonyl (C=O) groups excluding carboxylic acids is 1. The molecular weight excluding hydrogens is 274 g/mol. The van der Waals surface area contributed by atoms with Crippen LogP contribution in [0.15, 0.2) is 23.6 Å². The van der Waals surface area contributed by atoms with Gasteiger partial charge in [0.25, 0.3) is 5.91 Å². The summed E-state index contributed by atoms with van der Waals surface area (Å²) in [7, 11) is 0. The predicted molar refractivity (Wildman–Crippen MR) is 79.1 cm³/mol. The quantitative estimate of drug-likeness (QED) is 0.692. The standard InChI is InChI=1S/C13H17N5OS/c1-8(2)18-7-10(6-14-18)16-12(19)11-5-9(3)15-13(17-11)20-4/h5-8H,1-4H3,(H,16,19). The minimum atomic E-state index is -0.255. The molecule has 0 bridgehead atoms. The molecular formula is C13H17N5OS. The largest absolute Gasteiger partial charge is 0.318 e. The van der Waals surface area contributed by atoms with Gasteiger partial charge in [-0.3, -0.25) is 9.48 Å². The third kappa shape index (κ3) is 3.36. The molecule has 0 spiro atoms. The average molecular weight is 291 g/mol. The zero-order chi connectivity index (χ0) is 14.7. The van der Waals surface area contributed by atoms with Crippen molar-refractivity contribution in [3.05, 3.63) is 29.8 Å². The van der Waals surface area contributed by atoms with Crippen LogP contribution in [0.4, 0.5) is 5.69 Å². The van der Waals surface area contributed by atoms with Crippen LogP contribution in [-0.2, 0) is 0 Å². The van der Waals surface area contributed by atoms with E-state index in [4.69, 9.17) is 0 Å². The van der Waals surface area contributed by atoms with Gasteiger partial charge < -0.3 is 5.32 Å². The van der Waals surface area contributed by atoms with Crippen molar-refractivity contribution in [2.45, 2.75) is 32.0 Å². The van der Waals surface area contributed by atoms with Gasteiger partial charge in [-0.25, -0.2) is 9.97 Å². The van der Waals surface area contributed by atoms with Gasteiger partial charge in [0.15, 0.2) is 5.16 Å². The molecule has 0 saturated carbocycles. The first-order chi connectivity index (χ1) is 9.49. The molecule has 20 heavy (non-hydrogen) atoms. The fourth-order valence-electron chi connectivity index (χ4n) is 1.63. The van der Waals surface area contributed by atoms with Crippen LogP contribution in [0.1, 0.15) is 36.1 Å². The molecule has 0 saturated heterocycles. The summed E-state index contributed by atoms with van der Waals surface area (Å²) in [6.07, 6.45) is 5.30. The van der Waals surface area contributed by atoms with Crippen LogP contribution in [0.3, 0.4) is 0 Å². The summed E-state index contributed by atoms with van der Waals surface area (Å²) < 4.78 is 1.79. The molecule has 2 aromatic rings. The van der Waals surface area contributed by atoms with Crippen molar-refractivity contribution in [1.29, 1.82) is 0 Å². The molecule has 0 aromatic carbocycles. The average Bonchev–Trinajstić information content (AvgIpc) is 2.86. The fraction of sp³-hybridized carbons (Fsp3) is 0.385. The summed E-state index contributed by atoms with van der Waals surface area (Å²) >= 11 is 1.41. The molecule has 1 amide bonds. The number of nitrogens with one attached hydrogen (secondary N) is 1. The molecule has 0 unspecified atom stereocenters. The van der Waals surface area contributed by atoms with Crippen molar-refractivity contribution in [3.8, 4) is 0 Å². The molecule has 1 N–H and O–H groups in total. The predicted octanol–water partition coefficient (Wildman–Crippen LogP) is 2.54. The normalized spacial score (nSPS) is 10.8. The van der Waals surface area contributed by atoms with Crippen molar-refractivity contribution in [2.75, 3.05) is 11.6 Å². The van der Waals surface area contributed by atoms with E-state index in [1.54, 1.807) is 23.1 Å². The number of aromatic nitrogens is 4. The number of nitrogens with zero attached hydrogens (tertiary/aromatic N) is 4. The van der Waals surface area contributed by atoms with E-state index in [-0.39, 0.29) is 11.9 Å². The van der Waals surface area contributed by atoms with Crippen LogP contribution >= 0.6 is 11.8 Å². The highest BCUT2D eigenvalue weighted by atomic mass is 32.2. The summed E-state index contributed by atoms with van der Waals surface area (Å²) in [6.45, 7) is 5.89. The summed E-state index contributed by atoms with van der Waals surface area (Å²) in [4.78, 5) is 20.6. The van der Waals surface area contributed by atoms with E-state index in [0.29, 0.717) is 16.5 Å². The lowest BCUT2D eigenvalue weighted by Crippen LogP contribution is -2.14. The van der Waals surface area contributed by atoms with Crippen molar-refractivity contribution < 1.29 is 4.79 Å². The first-order valence-electron chi connectivity index (χ1n) is 6.24. The van der Waals surface area contributed by atoms with Crippen molar-refractivity contribution in [3.63, 3.8) is 0 Å². The highest BCUT2D eigenvalue weighted by Crippen LogP contribution is 2.13. The van der Waals surface area contributed by atoms with E-state index >= 15 is 0 Å². The van der Waals surface area contributed by atoms with Gasteiger partial charge >= 0.3 is 0 Å². The highest BCUT2D eigenvalue weighted by Gasteiger charge is 2.12. The molecule has 0 aliphatic rings. The Kier molecular flexibility index (Phi) is 4.39. The Hall–Kier alpha value is -1.89. The topological polar surface area (TPSA) is 72.7 Å². The summed E-state index contributed by atoms with van der Waals surface area (Å²) in [5, 5.41) is 7.56. The monoisotopic (exact) mass is 291 g/mol. The molecule has 2 heterocycles. The van der Waals surface area contributed by atoms with E-state index < -0.39 is 0 Å². The third-order valence-corrected chi connectivity index (χ3v) is 3.19. The Bertz CT molecular complexity index is 623. The maximum Gasteiger partial charge on any atom is 0.274 e.